The van der Waals surface area contributed by atoms with Gasteiger partial charge in [0.2, 0.25) is 0 Å². The van der Waals surface area contributed by atoms with Gasteiger partial charge in [-0.3, -0.25) is 4.79 Å². The standard InChI is InChI=1S/C15H14O3S.2H2/c1-12-7-9-14(10-8-12)19(17,18)11-15(16)13-5-3-2-4-6-13;;/h2-10H,11H2,1H3;2*1H/i;1+1D;1+1. The third-order valence-corrected chi connectivity index (χ3v) is 4.43. The number of hydrogen-bond acceptors (Lipinski definition) is 3. The highest BCUT2D eigenvalue weighted by atomic mass is 32.2. The van der Waals surface area contributed by atoms with Crippen molar-refractivity contribution in [2.75, 3.05) is 5.75 Å². The van der Waals surface area contributed by atoms with Crippen LogP contribution in [0.2, 0.25) is 0 Å². The lowest BCUT2D eigenvalue weighted by atomic mass is 10.2. The fraction of sp³-hybridized carbons (Fsp3) is 0.133. The van der Waals surface area contributed by atoms with Gasteiger partial charge in [-0.1, -0.05) is 48.0 Å². The van der Waals surface area contributed by atoms with Crippen LogP contribution in [0.1, 0.15) is 20.3 Å². The third-order valence-electron chi connectivity index (χ3n) is 2.80. The van der Waals surface area contributed by atoms with E-state index in [9.17, 15) is 13.2 Å². The normalized spacial score (nSPS) is 11.6. The van der Waals surface area contributed by atoms with Gasteiger partial charge in [0.25, 0.3) is 0 Å². The van der Waals surface area contributed by atoms with Crippen molar-refractivity contribution >= 4 is 15.6 Å². The molecule has 102 valence electrons. The second kappa shape index (κ2) is 5.36. The van der Waals surface area contributed by atoms with Gasteiger partial charge in [-0.25, -0.2) is 8.42 Å². The molecule has 0 heterocycles. The van der Waals surface area contributed by atoms with E-state index in [1.54, 1.807) is 42.5 Å². The van der Waals surface area contributed by atoms with E-state index < -0.39 is 15.6 Å². The maximum atomic E-state index is 12.1. The first-order valence-corrected chi connectivity index (χ1v) is 7.52. The van der Waals surface area contributed by atoms with E-state index in [-0.39, 0.29) is 12.1 Å². The Balaban J connectivity index is 0.00000141. The van der Waals surface area contributed by atoms with Crippen molar-refractivity contribution in [1.29, 1.82) is 0 Å². The molecule has 0 bridgehead atoms. The maximum absolute atomic E-state index is 12.1. The molecule has 2 rings (SSSR count). The Morgan fingerprint density at radius 2 is 1.63 bits per heavy atom. The Hall–Kier alpha value is -1.94. The summed E-state index contributed by atoms with van der Waals surface area (Å²) in [5, 5.41) is 0. The van der Waals surface area contributed by atoms with Gasteiger partial charge >= 0.3 is 0 Å². The summed E-state index contributed by atoms with van der Waals surface area (Å²) in [4.78, 5) is 12.1. The summed E-state index contributed by atoms with van der Waals surface area (Å²) in [6.07, 6.45) is 0. The Morgan fingerprint density at radius 1 is 1.05 bits per heavy atom. The molecule has 0 radical (unpaired) electrons. The maximum Gasteiger partial charge on any atom is 0.185 e. The molecule has 0 saturated heterocycles. The molecule has 0 spiro atoms. The minimum absolute atomic E-state index is 0. The van der Waals surface area contributed by atoms with Crippen LogP contribution in [-0.4, -0.2) is 20.0 Å². The Labute approximate surface area is 117 Å². The summed E-state index contributed by atoms with van der Waals surface area (Å²) in [6, 6.07) is 15.0. The monoisotopic (exact) mass is 281 g/mol. The highest BCUT2D eigenvalue weighted by Crippen LogP contribution is 2.14. The van der Waals surface area contributed by atoms with Crippen molar-refractivity contribution in [3.05, 3.63) is 65.7 Å². The molecule has 0 unspecified atom stereocenters. The highest BCUT2D eigenvalue weighted by Gasteiger charge is 2.19. The molecule has 4 heteroatoms. The van der Waals surface area contributed by atoms with Crippen molar-refractivity contribution in [3.8, 4) is 0 Å². The zero-order chi connectivity index (χ0) is 15.9. The van der Waals surface area contributed by atoms with Gasteiger partial charge < -0.3 is 0 Å². The number of Topliss-reactive ketones (excluding diaryl/α,β-unsaturated/α-hetero) is 1. The molecule has 2 aromatic carbocycles. The number of aryl methyl sites for hydroxylation is 1. The van der Waals surface area contributed by atoms with E-state index in [0.717, 1.165) is 5.56 Å². The van der Waals surface area contributed by atoms with Gasteiger partial charge in [0.05, 0.1) is 4.90 Å². The molecular formula is C15H18O3S. The number of benzene rings is 2. The largest absolute Gasteiger partial charge is 0.293 e. The summed E-state index contributed by atoms with van der Waals surface area (Å²) >= 11 is 0. The first-order chi connectivity index (χ1) is 9.99. The van der Waals surface area contributed by atoms with E-state index >= 15 is 0 Å². The van der Waals surface area contributed by atoms with Crippen molar-refractivity contribution in [2.45, 2.75) is 11.8 Å². The Bertz CT molecular complexity index is 684. The van der Waals surface area contributed by atoms with Crippen LogP contribution in [0, 0.1) is 6.92 Å². The predicted octanol–water partition coefficient (Wildman–Crippen LogP) is 3.14. The number of hydrogen-bond donors (Lipinski definition) is 0. The quantitative estimate of drug-likeness (QED) is 0.809. The van der Waals surface area contributed by atoms with Gasteiger partial charge in [0.1, 0.15) is 5.75 Å². The van der Waals surface area contributed by atoms with Crippen molar-refractivity contribution < 1.29 is 17.6 Å². The fourth-order valence-electron chi connectivity index (χ4n) is 1.71. The molecular weight excluding hydrogens is 260 g/mol. The van der Waals surface area contributed by atoms with Crippen LogP contribution in [0.25, 0.3) is 0 Å². The second-order valence-electron chi connectivity index (χ2n) is 4.36. The molecule has 19 heavy (non-hydrogen) atoms. The molecule has 2 aromatic rings. The van der Waals surface area contributed by atoms with Crippen LogP contribution >= 0.6 is 0 Å². The second-order valence-corrected chi connectivity index (χ2v) is 6.35. The molecule has 0 aromatic heterocycles. The minimum Gasteiger partial charge on any atom is -0.293 e. The molecule has 0 aliphatic heterocycles. The number of ketones is 1. The Morgan fingerprint density at radius 3 is 2.21 bits per heavy atom. The van der Waals surface area contributed by atoms with Crippen LogP contribution in [0.3, 0.4) is 0 Å². The van der Waals surface area contributed by atoms with Crippen molar-refractivity contribution in [3.63, 3.8) is 0 Å². The van der Waals surface area contributed by atoms with Gasteiger partial charge in [0, 0.05) is 9.96 Å². The van der Waals surface area contributed by atoms with Gasteiger partial charge in [-0.15, -0.1) is 0 Å². The lowest BCUT2D eigenvalue weighted by Crippen LogP contribution is -2.16. The summed E-state index contributed by atoms with van der Waals surface area (Å²) in [7, 11) is -3.57. The van der Waals surface area contributed by atoms with Gasteiger partial charge in [0.15, 0.2) is 15.6 Å². The van der Waals surface area contributed by atoms with Crippen molar-refractivity contribution in [1.82, 2.24) is 0 Å². The first-order valence-electron chi connectivity index (χ1n) is 6.87. The Kier molecular flexibility index (Phi) is 3.42. The van der Waals surface area contributed by atoms with Crippen LogP contribution in [0.15, 0.2) is 59.5 Å². The SMILES string of the molecule is Cc1ccc(S(=O)(=O)CC(=O)c2ccccc2)cc1.[2HH].[2H][2H]. The minimum atomic E-state index is -3.57. The van der Waals surface area contributed by atoms with E-state index in [1.807, 2.05) is 6.92 Å². The smallest absolute Gasteiger partial charge is 0.185 e. The summed E-state index contributed by atoms with van der Waals surface area (Å²) in [5.41, 5.74) is 1.39. The zero-order valence-corrected chi connectivity index (χ0v) is 11.4. The van der Waals surface area contributed by atoms with E-state index in [0.29, 0.717) is 5.56 Å². The lowest BCUT2D eigenvalue weighted by Gasteiger charge is -2.04. The highest BCUT2D eigenvalue weighted by molar-refractivity contribution is 7.92. The van der Waals surface area contributed by atoms with Gasteiger partial charge in [-0.05, 0) is 19.1 Å². The van der Waals surface area contributed by atoms with Crippen LogP contribution < -0.4 is 0 Å². The average Bonchev–Trinajstić information content (AvgIpc) is 2.50. The van der Waals surface area contributed by atoms with Crippen molar-refractivity contribution in [2.24, 2.45) is 0 Å². The number of rotatable bonds is 4. The van der Waals surface area contributed by atoms with E-state index in [1.165, 1.54) is 12.1 Å². The molecule has 0 aliphatic rings. The fourth-order valence-corrected chi connectivity index (χ4v) is 2.94. The molecule has 0 fully saturated rings. The molecule has 0 aliphatic carbocycles. The van der Waals surface area contributed by atoms with Crippen LogP contribution in [-0.2, 0) is 9.84 Å². The topological polar surface area (TPSA) is 51.2 Å². The van der Waals surface area contributed by atoms with E-state index in [4.69, 9.17) is 2.97 Å². The number of carbonyl (C=O) groups excluding carboxylic acids is 1. The number of carbonyl (C=O) groups is 1. The molecule has 0 N–H and O–H groups in total. The summed E-state index contributed by atoms with van der Waals surface area (Å²) < 4.78 is 34.2. The molecule has 0 atom stereocenters. The van der Waals surface area contributed by atoms with E-state index in [2.05, 4.69) is 0 Å². The predicted molar refractivity (Wildman–Crippen MR) is 78.2 cm³/mol. The molecule has 0 saturated carbocycles. The molecule has 3 nitrogen and oxygen atoms in total. The number of sulfone groups is 1. The van der Waals surface area contributed by atoms with Gasteiger partial charge in [-0.2, -0.15) is 0 Å². The zero-order valence-electron chi connectivity index (χ0n) is 12.5. The average molecular weight is 281 g/mol. The third kappa shape index (κ3) is 3.29. The summed E-state index contributed by atoms with van der Waals surface area (Å²) in [6.45, 7) is 1.88. The van der Waals surface area contributed by atoms with Crippen LogP contribution in [0.5, 0.6) is 0 Å². The first kappa shape index (κ1) is 12.1. The summed E-state index contributed by atoms with van der Waals surface area (Å²) in [5.74, 6) is -0.888. The van der Waals surface area contributed by atoms with Crippen LogP contribution in [0.4, 0.5) is 0 Å². The lowest BCUT2D eigenvalue weighted by molar-refractivity contribution is 0.102. The molecule has 0 amide bonds.